The van der Waals surface area contributed by atoms with Gasteiger partial charge in [-0.3, -0.25) is 13.9 Å². The minimum atomic E-state index is -4.21. The van der Waals surface area contributed by atoms with Gasteiger partial charge in [-0.25, -0.2) is 8.42 Å². The van der Waals surface area contributed by atoms with Crippen molar-refractivity contribution in [3.63, 3.8) is 0 Å². The van der Waals surface area contributed by atoms with Gasteiger partial charge >= 0.3 is 0 Å². The number of aryl methyl sites for hydroxylation is 1. The van der Waals surface area contributed by atoms with Crippen LogP contribution in [0.2, 0.25) is 10.0 Å². The van der Waals surface area contributed by atoms with E-state index in [1.807, 2.05) is 31.2 Å². The van der Waals surface area contributed by atoms with Crippen molar-refractivity contribution >= 4 is 50.7 Å². The van der Waals surface area contributed by atoms with Crippen molar-refractivity contribution in [1.82, 2.24) is 10.2 Å². The second kappa shape index (κ2) is 11.8. The summed E-state index contributed by atoms with van der Waals surface area (Å²) in [5.41, 5.74) is 1.85. The molecule has 0 aromatic heterocycles. The van der Waals surface area contributed by atoms with Gasteiger partial charge in [-0.2, -0.15) is 0 Å². The normalized spacial score (nSPS) is 12.0. The van der Waals surface area contributed by atoms with Crippen molar-refractivity contribution in [2.75, 3.05) is 17.9 Å². The molecule has 0 aliphatic carbocycles. The van der Waals surface area contributed by atoms with E-state index in [2.05, 4.69) is 5.32 Å². The van der Waals surface area contributed by atoms with Crippen molar-refractivity contribution in [2.45, 2.75) is 31.3 Å². The van der Waals surface area contributed by atoms with E-state index < -0.39 is 28.5 Å². The number of anilines is 1. The zero-order valence-electron chi connectivity index (χ0n) is 20.1. The van der Waals surface area contributed by atoms with Crippen LogP contribution in [-0.4, -0.2) is 44.8 Å². The number of hydrogen-bond donors (Lipinski definition) is 1. The first-order chi connectivity index (χ1) is 17.1. The van der Waals surface area contributed by atoms with E-state index in [9.17, 15) is 18.0 Å². The van der Waals surface area contributed by atoms with E-state index in [1.54, 1.807) is 31.2 Å². The lowest BCUT2D eigenvalue weighted by Crippen LogP contribution is -2.50. The maximum atomic E-state index is 13.7. The number of rotatable bonds is 9. The summed E-state index contributed by atoms with van der Waals surface area (Å²) >= 11 is 12.6. The smallest absolute Gasteiger partial charge is 0.264 e. The van der Waals surface area contributed by atoms with Crippen LogP contribution in [-0.2, 0) is 26.2 Å². The zero-order valence-corrected chi connectivity index (χ0v) is 22.4. The number of nitrogens with one attached hydrogen (secondary N) is 1. The molecule has 7 nitrogen and oxygen atoms in total. The van der Waals surface area contributed by atoms with Crippen LogP contribution in [0.5, 0.6) is 0 Å². The average Bonchev–Trinajstić information content (AvgIpc) is 2.87. The number of hydrogen-bond acceptors (Lipinski definition) is 4. The van der Waals surface area contributed by atoms with Crippen LogP contribution in [0, 0.1) is 6.92 Å². The van der Waals surface area contributed by atoms with Gasteiger partial charge in [-0.1, -0.05) is 77.3 Å². The van der Waals surface area contributed by atoms with Gasteiger partial charge in [0.05, 0.1) is 20.6 Å². The van der Waals surface area contributed by atoms with E-state index in [0.717, 1.165) is 15.4 Å². The van der Waals surface area contributed by atoms with Crippen molar-refractivity contribution in [2.24, 2.45) is 0 Å². The summed E-state index contributed by atoms with van der Waals surface area (Å²) in [6.07, 6.45) is 0. The molecule has 2 amide bonds. The van der Waals surface area contributed by atoms with E-state index in [0.29, 0.717) is 0 Å². The molecule has 0 radical (unpaired) electrons. The van der Waals surface area contributed by atoms with E-state index in [4.69, 9.17) is 23.2 Å². The number of likely N-dealkylation sites (N-methyl/N-ethyl adjacent to an activating group) is 1. The molecule has 0 saturated heterocycles. The molecular weight excluding hydrogens is 521 g/mol. The number of carbonyl (C=O) groups is 2. The fourth-order valence-electron chi connectivity index (χ4n) is 3.72. The van der Waals surface area contributed by atoms with Gasteiger partial charge in [0.25, 0.3) is 10.0 Å². The Hall–Kier alpha value is -3.07. The Morgan fingerprint density at radius 2 is 1.64 bits per heavy atom. The molecule has 0 fully saturated rings. The topological polar surface area (TPSA) is 86.8 Å². The molecule has 3 rings (SSSR count). The molecule has 0 aliphatic rings. The van der Waals surface area contributed by atoms with E-state index >= 15 is 0 Å². The lowest BCUT2D eigenvalue weighted by Gasteiger charge is -2.32. The largest absolute Gasteiger partial charge is 0.357 e. The van der Waals surface area contributed by atoms with Crippen LogP contribution in [0.15, 0.2) is 77.7 Å². The molecule has 3 aromatic carbocycles. The minimum Gasteiger partial charge on any atom is -0.357 e. The van der Waals surface area contributed by atoms with Gasteiger partial charge in [0, 0.05) is 13.6 Å². The molecule has 1 N–H and O–H groups in total. The number of amides is 2. The first kappa shape index (κ1) is 27.5. The van der Waals surface area contributed by atoms with Crippen molar-refractivity contribution in [3.8, 4) is 0 Å². The molecule has 0 heterocycles. The Labute approximate surface area is 221 Å². The molecule has 0 unspecified atom stereocenters. The van der Waals surface area contributed by atoms with Gasteiger partial charge in [0.15, 0.2) is 0 Å². The van der Waals surface area contributed by atoms with Gasteiger partial charge in [-0.15, -0.1) is 0 Å². The van der Waals surface area contributed by atoms with Crippen LogP contribution in [0.4, 0.5) is 5.69 Å². The second-order valence-electron chi connectivity index (χ2n) is 8.20. The lowest BCUT2D eigenvalue weighted by molar-refractivity contribution is -0.139. The molecule has 0 aliphatic heterocycles. The van der Waals surface area contributed by atoms with Crippen molar-refractivity contribution < 1.29 is 18.0 Å². The molecular formula is C26H27Cl2N3O4S. The van der Waals surface area contributed by atoms with Gasteiger partial charge in [-0.05, 0) is 43.7 Å². The predicted octanol–water partition coefficient (Wildman–Crippen LogP) is 4.66. The number of nitrogens with zero attached hydrogens (tertiary/aromatic N) is 2. The summed E-state index contributed by atoms with van der Waals surface area (Å²) in [6.45, 7) is 3.03. The molecule has 3 aromatic rings. The summed E-state index contributed by atoms with van der Waals surface area (Å²) in [5.74, 6) is -0.961. The van der Waals surface area contributed by atoms with Crippen LogP contribution >= 0.6 is 23.2 Å². The molecule has 0 spiro atoms. The third kappa shape index (κ3) is 6.19. The average molecular weight is 548 g/mol. The van der Waals surface area contributed by atoms with Crippen LogP contribution in [0.1, 0.15) is 18.1 Å². The highest BCUT2D eigenvalue weighted by molar-refractivity contribution is 7.92. The van der Waals surface area contributed by atoms with Crippen molar-refractivity contribution in [3.05, 3.63) is 94.0 Å². The van der Waals surface area contributed by atoms with Crippen molar-refractivity contribution in [1.29, 1.82) is 0 Å². The summed E-state index contributed by atoms with van der Waals surface area (Å²) in [4.78, 5) is 27.6. The molecule has 0 bridgehead atoms. The second-order valence-corrected chi connectivity index (χ2v) is 10.8. The SMILES string of the molecule is CNC(=O)[C@H](C)N(Cc1cccc(C)c1)C(=O)CN(c1cccc(Cl)c1Cl)S(=O)(=O)c1ccccc1. The van der Waals surface area contributed by atoms with Crippen LogP contribution in [0.25, 0.3) is 0 Å². The fourth-order valence-corrected chi connectivity index (χ4v) is 5.61. The quantitative estimate of drug-likeness (QED) is 0.422. The number of halogens is 2. The number of carbonyl (C=O) groups excluding carboxylic acids is 2. The Morgan fingerprint density at radius 3 is 2.28 bits per heavy atom. The molecule has 190 valence electrons. The first-order valence-electron chi connectivity index (χ1n) is 11.1. The van der Waals surface area contributed by atoms with E-state index in [-0.39, 0.29) is 33.1 Å². The molecule has 10 heteroatoms. The highest BCUT2D eigenvalue weighted by atomic mass is 35.5. The maximum absolute atomic E-state index is 13.7. The zero-order chi connectivity index (χ0) is 26.5. The first-order valence-corrected chi connectivity index (χ1v) is 13.3. The van der Waals surface area contributed by atoms with Gasteiger partial charge in [0.2, 0.25) is 11.8 Å². The van der Waals surface area contributed by atoms with Gasteiger partial charge < -0.3 is 10.2 Å². The number of sulfonamides is 1. The summed E-state index contributed by atoms with van der Waals surface area (Å²) in [6, 6.07) is 19.0. The summed E-state index contributed by atoms with van der Waals surface area (Å²) in [5, 5.41) is 2.69. The highest BCUT2D eigenvalue weighted by Crippen LogP contribution is 2.35. The standard InChI is InChI=1S/C26H27Cl2N3O4S/c1-18-9-7-10-20(15-18)16-30(19(2)26(33)29-3)24(32)17-31(23-14-8-13-22(27)25(23)28)36(34,35)21-11-5-4-6-12-21/h4-15,19H,16-17H2,1-3H3,(H,29,33)/t19-/m0/s1. The Bertz CT molecular complexity index is 1350. The Kier molecular flexibility index (Phi) is 9.00. The molecule has 36 heavy (non-hydrogen) atoms. The third-order valence-corrected chi connectivity index (χ3v) is 8.24. The third-order valence-electron chi connectivity index (χ3n) is 5.66. The monoisotopic (exact) mass is 547 g/mol. The summed E-state index contributed by atoms with van der Waals surface area (Å²) < 4.78 is 28.3. The number of benzene rings is 3. The van der Waals surface area contributed by atoms with E-state index in [1.165, 1.54) is 36.2 Å². The molecule has 0 saturated carbocycles. The maximum Gasteiger partial charge on any atom is 0.264 e. The Balaban J connectivity index is 2.07. The highest BCUT2D eigenvalue weighted by Gasteiger charge is 2.33. The van der Waals surface area contributed by atoms with Gasteiger partial charge in [0.1, 0.15) is 12.6 Å². The van der Waals surface area contributed by atoms with Crippen LogP contribution in [0.3, 0.4) is 0 Å². The molecule has 1 atom stereocenters. The minimum absolute atomic E-state index is 0.00365. The summed E-state index contributed by atoms with van der Waals surface area (Å²) in [7, 11) is -2.73. The Morgan fingerprint density at radius 1 is 0.972 bits per heavy atom. The fraction of sp³-hybridized carbons (Fsp3) is 0.231. The predicted molar refractivity (Wildman–Crippen MR) is 143 cm³/mol. The van der Waals surface area contributed by atoms with Crippen LogP contribution < -0.4 is 9.62 Å². The lowest BCUT2D eigenvalue weighted by atomic mass is 10.1.